The summed E-state index contributed by atoms with van der Waals surface area (Å²) in [6, 6.07) is 4.27. The molecule has 0 N–H and O–H groups in total. The molecule has 1 fully saturated rings. The van der Waals surface area contributed by atoms with E-state index in [1.54, 1.807) is 12.3 Å². The highest BCUT2D eigenvalue weighted by Crippen LogP contribution is 2.24. The van der Waals surface area contributed by atoms with Crippen molar-refractivity contribution in [3.8, 4) is 6.07 Å². The first kappa shape index (κ1) is 11.8. The molecular formula is C13H18N4. The van der Waals surface area contributed by atoms with E-state index in [2.05, 4.69) is 27.9 Å². The number of hydrogen-bond acceptors (Lipinski definition) is 4. The van der Waals surface area contributed by atoms with Crippen molar-refractivity contribution < 1.29 is 0 Å². The number of anilines is 1. The van der Waals surface area contributed by atoms with Crippen molar-refractivity contribution in [1.82, 2.24) is 9.97 Å². The largest absolute Gasteiger partial charge is 0.338 e. The van der Waals surface area contributed by atoms with Gasteiger partial charge in [0.15, 0.2) is 0 Å². The highest BCUT2D eigenvalue weighted by molar-refractivity contribution is 5.35. The van der Waals surface area contributed by atoms with E-state index < -0.39 is 0 Å². The van der Waals surface area contributed by atoms with Crippen LogP contribution in [0.1, 0.15) is 44.7 Å². The molecule has 1 aliphatic rings. The van der Waals surface area contributed by atoms with Crippen molar-refractivity contribution >= 4 is 5.95 Å². The second-order valence-electron chi connectivity index (χ2n) is 4.49. The Kier molecular flexibility index (Phi) is 3.92. The predicted octanol–water partition coefficient (Wildman–Crippen LogP) is 2.51. The van der Waals surface area contributed by atoms with E-state index in [0.717, 1.165) is 12.5 Å². The maximum Gasteiger partial charge on any atom is 0.226 e. The van der Waals surface area contributed by atoms with Gasteiger partial charge in [0.25, 0.3) is 0 Å². The fourth-order valence-electron chi connectivity index (χ4n) is 2.45. The molecule has 1 aromatic rings. The SMILES string of the molecule is CCCC1CCCCN1c1nccc(C#N)n1. The van der Waals surface area contributed by atoms with Crippen LogP contribution >= 0.6 is 0 Å². The summed E-state index contributed by atoms with van der Waals surface area (Å²) in [5, 5.41) is 8.87. The summed E-state index contributed by atoms with van der Waals surface area (Å²) in [5.74, 6) is 0.724. The minimum Gasteiger partial charge on any atom is -0.338 e. The van der Waals surface area contributed by atoms with E-state index in [-0.39, 0.29) is 0 Å². The van der Waals surface area contributed by atoms with E-state index in [1.807, 2.05) is 0 Å². The Morgan fingerprint density at radius 1 is 1.53 bits per heavy atom. The fraction of sp³-hybridized carbons (Fsp3) is 0.615. The van der Waals surface area contributed by atoms with Gasteiger partial charge < -0.3 is 4.90 Å². The zero-order valence-corrected chi connectivity index (χ0v) is 10.3. The minimum atomic E-state index is 0.454. The van der Waals surface area contributed by atoms with Crippen molar-refractivity contribution in [2.75, 3.05) is 11.4 Å². The molecular weight excluding hydrogens is 212 g/mol. The van der Waals surface area contributed by atoms with E-state index >= 15 is 0 Å². The lowest BCUT2D eigenvalue weighted by Gasteiger charge is -2.35. The molecule has 0 aliphatic carbocycles. The Hall–Kier alpha value is -1.63. The molecule has 1 saturated heterocycles. The van der Waals surface area contributed by atoms with Gasteiger partial charge in [0.05, 0.1) is 0 Å². The maximum absolute atomic E-state index is 8.87. The highest BCUT2D eigenvalue weighted by Gasteiger charge is 2.23. The quantitative estimate of drug-likeness (QED) is 0.800. The molecule has 17 heavy (non-hydrogen) atoms. The average Bonchev–Trinajstić information content (AvgIpc) is 2.40. The van der Waals surface area contributed by atoms with Crippen LogP contribution in [0.5, 0.6) is 0 Å². The van der Waals surface area contributed by atoms with Crippen LogP contribution in [-0.4, -0.2) is 22.6 Å². The van der Waals surface area contributed by atoms with Crippen LogP contribution in [0.4, 0.5) is 5.95 Å². The third kappa shape index (κ3) is 2.73. The Labute approximate surface area is 102 Å². The van der Waals surface area contributed by atoms with Gasteiger partial charge in [-0.15, -0.1) is 0 Å². The van der Waals surface area contributed by atoms with Gasteiger partial charge in [-0.2, -0.15) is 5.26 Å². The third-order valence-corrected chi connectivity index (χ3v) is 3.26. The number of hydrogen-bond donors (Lipinski definition) is 0. The average molecular weight is 230 g/mol. The van der Waals surface area contributed by atoms with Crippen molar-refractivity contribution in [3.05, 3.63) is 18.0 Å². The first-order chi connectivity index (χ1) is 8.35. The van der Waals surface area contributed by atoms with Crippen LogP contribution in [0.25, 0.3) is 0 Å². The van der Waals surface area contributed by atoms with Crippen LogP contribution in [0.2, 0.25) is 0 Å². The van der Waals surface area contributed by atoms with Gasteiger partial charge in [0, 0.05) is 18.8 Å². The Bertz CT molecular complexity index is 408. The van der Waals surface area contributed by atoms with Gasteiger partial charge >= 0.3 is 0 Å². The number of aromatic nitrogens is 2. The molecule has 1 atom stereocenters. The van der Waals surface area contributed by atoms with E-state index in [0.29, 0.717) is 11.7 Å². The van der Waals surface area contributed by atoms with Gasteiger partial charge in [-0.25, -0.2) is 9.97 Å². The lowest BCUT2D eigenvalue weighted by Crippen LogP contribution is -2.40. The molecule has 0 aromatic carbocycles. The first-order valence-electron chi connectivity index (χ1n) is 6.35. The van der Waals surface area contributed by atoms with Gasteiger partial charge in [-0.3, -0.25) is 0 Å². The van der Waals surface area contributed by atoms with Crippen LogP contribution < -0.4 is 4.90 Å². The molecule has 0 saturated carbocycles. The lowest BCUT2D eigenvalue weighted by molar-refractivity contribution is 0.428. The summed E-state index contributed by atoms with van der Waals surface area (Å²) < 4.78 is 0. The summed E-state index contributed by atoms with van der Waals surface area (Å²) in [6.45, 7) is 3.22. The Morgan fingerprint density at radius 2 is 2.41 bits per heavy atom. The van der Waals surface area contributed by atoms with Crippen molar-refractivity contribution in [2.24, 2.45) is 0 Å². The van der Waals surface area contributed by atoms with Crippen LogP contribution in [0.3, 0.4) is 0 Å². The Balaban J connectivity index is 2.20. The first-order valence-corrected chi connectivity index (χ1v) is 6.35. The molecule has 1 unspecified atom stereocenters. The molecule has 2 heterocycles. The number of rotatable bonds is 3. The molecule has 90 valence electrons. The summed E-state index contributed by atoms with van der Waals surface area (Å²) in [5.41, 5.74) is 0.454. The summed E-state index contributed by atoms with van der Waals surface area (Å²) in [7, 11) is 0. The van der Waals surface area contributed by atoms with Crippen molar-refractivity contribution in [2.45, 2.75) is 45.1 Å². The number of nitrogens with zero attached hydrogens (tertiary/aromatic N) is 4. The van der Waals surface area contributed by atoms with Crippen LogP contribution in [0.15, 0.2) is 12.3 Å². The predicted molar refractivity (Wildman–Crippen MR) is 66.6 cm³/mol. The second kappa shape index (κ2) is 5.62. The topological polar surface area (TPSA) is 52.8 Å². The summed E-state index contributed by atoms with van der Waals surface area (Å²) >= 11 is 0. The van der Waals surface area contributed by atoms with Gasteiger partial charge in [-0.05, 0) is 31.7 Å². The smallest absolute Gasteiger partial charge is 0.226 e. The molecule has 2 rings (SSSR count). The van der Waals surface area contributed by atoms with Crippen LogP contribution in [0, 0.1) is 11.3 Å². The molecule has 0 spiro atoms. The lowest BCUT2D eigenvalue weighted by atomic mass is 9.99. The minimum absolute atomic E-state index is 0.454. The third-order valence-electron chi connectivity index (χ3n) is 3.26. The highest BCUT2D eigenvalue weighted by atomic mass is 15.3. The number of nitriles is 1. The standard InChI is InChI=1S/C13H18N4/c1-2-5-12-6-3-4-9-17(12)13-15-8-7-11(10-14)16-13/h7-8,12H,2-6,9H2,1H3. The van der Waals surface area contributed by atoms with Crippen molar-refractivity contribution in [1.29, 1.82) is 5.26 Å². The molecule has 0 radical (unpaired) electrons. The van der Waals surface area contributed by atoms with E-state index in [4.69, 9.17) is 5.26 Å². The van der Waals surface area contributed by atoms with E-state index in [9.17, 15) is 0 Å². The van der Waals surface area contributed by atoms with Crippen molar-refractivity contribution in [3.63, 3.8) is 0 Å². The molecule has 4 nitrogen and oxygen atoms in total. The fourth-order valence-corrected chi connectivity index (χ4v) is 2.45. The number of piperidine rings is 1. The zero-order chi connectivity index (χ0) is 12.1. The maximum atomic E-state index is 8.87. The molecule has 4 heteroatoms. The Morgan fingerprint density at radius 3 is 3.18 bits per heavy atom. The monoisotopic (exact) mass is 230 g/mol. The molecule has 1 aliphatic heterocycles. The van der Waals surface area contributed by atoms with Crippen LogP contribution in [-0.2, 0) is 0 Å². The normalized spacial score (nSPS) is 20.0. The molecule has 0 amide bonds. The van der Waals surface area contributed by atoms with Gasteiger partial charge in [0.1, 0.15) is 11.8 Å². The second-order valence-corrected chi connectivity index (χ2v) is 4.49. The summed E-state index contributed by atoms with van der Waals surface area (Å²) in [6.07, 6.45) is 7.74. The zero-order valence-electron chi connectivity index (χ0n) is 10.3. The summed E-state index contributed by atoms with van der Waals surface area (Å²) in [4.78, 5) is 10.9. The molecule has 1 aromatic heterocycles. The van der Waals surface area contributed by atoms with E-state index in [1.165, 1.54) is 32.1 Å². The molecule has 0 bridgehead atoms. The van der Waals surface area contributed by atoms with Gasteiger partial charge in [-0.1, -0.05) is 13.3 Å². The van der Waals surface area contributed by atoms with Gasteiger partial charge in [0.2, 0.25) is 5.95 Å².